The van der Waals surface area contributed by atoms with Crippen molar-refractivity contribution in [2.45, 2.75) is 25.7 Å². The molecule has 15 heavy (non-hydrogen) atoms. The van der Waals surface area contributed by atoms with Crippen molar-refractivity contribution in [2.24, 2.45) is 11.3 Å². The molecule has 4 heteroatoms. The van der Waals surface area contributed by atoms with Gasteiger partial charge in [0.15, 0.2) is 0 Å². The Morgan fingerprint density at radius 2 is 2.13 bits per heavy atom. The van der Waals surface area contributed by atoms with Crippen molar-refractivity contribution < 1.29 is 9.90 Å². The molecular formula is C11H18ClNO2. The molecular weight excluding hydrogens is 214 g/mol. The molecule has 2 rings (SSSR count). The highest BCUT2D eigenvalue weighted by Crippen LogP contribution is 2.48. The van der Waals surface area contributed by atoms with Gasteiger partial charge in [-0.05, 0) is 18.3 Å². The maximum absolute atomic E-state index is 11.5. The lowest BCUT2D eigenvalue weighted by Crippen LogP contribution is -2.32. The van der Waals surface area contributed by atoms with Crippen LogP contribution in [0, 0.1) is 11.3 Å². The molecule has 2 fully saturated rings. The van der Waals surface area contributed by atoms with Crippen molar-refractivity contribution in [3.05, 3.63) is 0 Å². The molecule has 3 nitrogen and oxygen atoms in total. The van der Waals surface area contributed by atoms with Crippen molar-refractivity contribution in [3.8, 4) is 0 Å². The van der Waals surface area contributed by atoms with Crippen LogP contribution in [0.2, 0.25) is 0 Å². The minimum atomic E-state index is 0.0129. The summed E-state index contributed by atoms with van der Waals surface area (Å²) in [5.74, 6) is 0.347. The molecule has 1 heterocycles. The van der Waals surface area contributed by atoms with Crippen molar-refractivity contribution in [1.29, 1.82) is 0 Å². The Bertz CT molecular complexity index is 251. The number of aliphatic hydroxyl groups is 1. The number of alkyl halides is 1. The highest BCUT2D eigenvalue weighted by atomic mass is 35.5. The van der Waals surface area contributed by atoms with Crippen LogP contribution in [0.4, 0.5) is 0 Å². The summed E-state index contributed by atoms with van der Waals surface area (Å²) < 4.78 is 0. The maximum Gasteiger partial charge on any atom is 0.237 e. The lowest BCUT2D eigenvalue weighted by molar-refractivity contribution is -0.127. The smallest absolute Gasteiger partial charge is 0.237 e. The quantitative estimate of drug-likeness (QED) is 0.727. The molecule has 1 N–H and O–H groups in total. The second-order valence-electron chi connectivity index (χ2n) is 4.86. The minimum absolute atomic E-state index is 0.0129. The molecule has 1 amide bonds. The van der Waals surface area contributed by atoms with Crippen molar-refractivity contribution >= 4 is 17.5 Å². The minimum Gasteiger partial charge on any atom is -0.396 e. The van der Waals surface area contributed by atoms with Gasteiger partial charge in [0.2, 0.25) is 5.91 Å². The summed E-state index contributed by atoms with van der Waals surface area (Å²) in [4.78, 5) is 13.4. The second-order valence-corrected chi connectivity index (χ2v) is 5.12. The third-order valence-corrected chi connectivity index (χ3v) is 4.33. The number of halogens is 1. The van der Waals surface area contributed by atoms with E-state index < -0.39 is 0 Å². The van der Waals surface area contributed by atoms with Crippen LogP contribution in [-0.2, 0) is 4.79 Å². The maximum atomic E-state index is 11.5. The van der Waals surface area contributed by atoms with E-state index in [9.17, 15) is 9.90 Å². The van der Waals surface area contributed by atoms with Crippen LogP contribution in [0.15, 0.2) is 0 Å². The number of carbonyl (C=O) groups is 1. The zero-order chi connectivity index (χ0) is 10.9. The molecule has 1 atom stereocenters. The van der Waals surface area contributed by atoms with Crippen molar-refractivity contribution in [2.75, 3.05) is 25.6 Å². The van der Waals surface area contributed by atoms with Gasteiger partial charge in [0.1, 0.15) is 5.88 Å². The Balaban J connectivity index is 2.09. The zero-order valence-corrected chi connectivity index (χ0v) is 9.67. The Labute approximate surface area is 95.4 Å². The van der Waals surface area contributed by atoms with Crippen molar-refractivity contribution in [1.82, 2.24) is 4.90 Å². The fourth-order valence-electron chi connectivity index (χ4n) is 3.20. The number of nitrogens with zero attached hydrogens (tertiary/aromatic N) is 1. The SMILES string of the molecule is O=C(CCl)N1C[C@H](CO)C2(CCCC2)C1. The molecule has 1 aliphatic heterocycles. The number of amides is 1. The zero-order valence-electron chi connectivity index (χ0n) is 8.91. The fourth-order valence-corrected chi connectivity index (χ4v) is 3.37. The molecule has 0 radical (unpaired) electrons. The van der Waals surface area contributed by atoms with E-state index in [1.807, 2.05) is 4.90 Å². The first-order valence-electron chi connectivity index (χ1n) is 5.66. The third kappa shape index (κ3) is 1.87. The molecule has 0 aromatic rings. The molecule has 1 aliphatic carbocycles. The molecule has 86 valence electrons. The van der Waals surface area contributed by atoms with E-state index in [-0.39, 0.29) is 29.7 Å². The van der Waals surface area contributed by atoms with Gasteiger partial charge in [-0.3, -0.25) is 4.79 Å². The van der Waals surface area contributed by atoms with E-state index in [0.717, 1.165) is 19.4 Å². The summed E-state index contributed by atoms with van der Waals surface area (Å²) in [6.07, 6.45) is 4.79. The molecule has 0 bridgehead atoms. The lowest BCUT2D eigenvalue weighted by Gasteiger charge is -2.28. The van der Waals surface area contributed by atoms with Crippen LogP contribution in [0.5, 0.6) is 0 Å². The van der Waals surface area contributed by atoms with Crippen molar-refractivity contribution in [3.63, 3.8) is 0 Å². The first-order valence-corrected chi connectivity index (χ1v) is 6.20. The predicted octanol–water partition coefficient (Wildman–Crippen LogP) is 1.24. The molecule has 1 saturated heterocycles. The Morgan fingerprint density at radius 1 is 1.47 bits per heavy atom. The van der Waals surface area contributed by atoms with Crippen LogP contribution in [0.25, 0.3) is 0 Å². The summed E-state index contributed by atoms with van der Waals surface area (Å²) in [6, 6.07) is 0. The largest absolute Gasteiger partial charge is 0.396 e. The van der Waals surface area contributed by atoms with Gasteiger partial charge in [-0.2, -0.15) is 0 Å². The molecule has 1 spiro atoms. The molecule has 1 saturated carbocycles. The first kappa shape index (κ1) is 11.2. The van der Waals surface area contributed by atoms with Crippen LogP contribution in [0.3, 0.4) is 0 Å². The van der Waals surface area contributed by atoms with Gasteiger partial charge >= 0.3 is 0 Å². The number of carbonyl (C=O) groups excluding carboxylic acids is 1. The Hall–Kier alpha value is -0.280. The fraction of sp³-hybridized carbons (Fsp3) is 0.909. The highest BCUT2D eigenvalue weighted by molar-refractivity contribution is 6.27. The molecule has 2 aliphatic rings. The average Bonchev–Trinajstić information content (AvgIpc) is 2.86. The summed E-state index contributed by atoms with van der Waals surface area (Å²) in [5, 5.41) is 9.39. The Kier molecular flexibility index (Phi) is 3.21. The van der Waals surface area contributed by atoms with E-state index in [0.29, 0.717) is 6.54 Å². The predicted molar refractivity (Wildman–Crippen MR) is 58.8 cm³/mol. The van der Waals surface area contributed by atoms with E-state index in [4.69, 9.17) is 11.6 Å². The van der Waals surface area contributed by atoms with E-state index in [1.54, 1.807) is 0 Å². The van der Waals surface area contributed by atoms with E-state index in [2.05, 4.69) is 0 Å². The number of aliphatic hydroxyl groups excluding tert-OH is 1. The topological polar surface area (TPSA) is 40.5 Å². The van der Waals surface area contributed by atoms with Gasteiger partial charge in [0.25, 0.3) is 0 Å². The normalized spacial score (nSPS) is 28.9. The highest BCUT2D eigenvalue weighted by Gasteiger charge is 2.48. The van der Waals surface area contributed by atoms with Crippen LogP contribution < -0.4 is 0 Å². The standard InChI is InChI=1S/C11H18ClNO2/c12-5-10(15)13-6-9(7-14)11(8-13)3-1-2-4-11/h9,14H,1-8H2/t9-/m1/s1. The van der Waals surface area contributed by atoms with Gasteiger partial charge < -0.3 is 10.0 Å². The summed E-state index contributed by atoms with van der Waals surface area (Å²) in [5.41, 5.74) is 0.205. The van der Waals surface area contributed by atoms with E-state index in [1.165, 1.54) is 12.8 Å². The van der Waals surface area contributed by atoms with Gasteiger partial charge in [0, 0.05) is 25.6 Å². The van der Waals surface area contributed by atoms with Gasteiger partial charge in [0.05, 0.1) is 0 Å². The molecule has 0 aromatic heterocycles. The number of hydrogen-bond donors (Lipinski definition) is 1. The van der Waals surface area contributed by atoms with E-state index >= 15 is 0 Å². The van der Waals surface area contributed by atoms with Crippen LogP contribution in [0.1, 0.15) is 25.7 Å². The number of hydrogen-bond acceptors (Lipinski definition) is 2. The van der Waals surface area contributed by atoms with Gasteiger partial charge in [-0.25, -0.2) is 0 Å². The lowest BCUT2D eigenvalue weighted by atomic mass is 9.77. The first-order chi connectivity index (χ1) is 7.22. The van der Waals surface area contributed by atoms with Gasteiger partial charge in [-0.15, -0.1) is 11.6 Å². The van der Waals surface area contributed by atoms with Crippen LogP contribution in [-0.4, -0.2) is 41.5 Å². The summed E-state index contributed by atoms with van der Waals surface area (Å²) in [7, 11) is 0. The number of likely N-dealkylation sites (tertiary alicyclic amines) is 1. The number of rotatable bonds is 2. The molecule has 0 unspecified atom stereocenters. The monoisotopic (exact) mass is 231 g/mol. The van der Waals surface area contributed by atoms with Gasteiger partial charge in [-0.1, -0.05) is 12.8 Å². The average molecular weight is 232 g/mol. The second kappa shape index (κ2) is 4.30. The summed E-state index contributed by atoms with van der Waals surface area (Å²) >= 11 is 5.56. The molecule has 0 aromatic carbocycles. The van der Waals surface area contributed by atoms with Crippen LogP contribution >= 0.6 is 11.6 Å². The third-order valence-electron chi connectivity index (χ3n) is 4.10. The summed E-state index contributed by atoms with van der Waals surface area (Å²) in [6.45, 7) is 1.71. The Morgan fingerprint density at radius 3 is 2.67 bits per heavy atom.